The molecule has 1 heterocycles. The van der Waals surface area contributed by atoms with Gasteiger partial charge in [-0.2, -0.15) is 0 Å². The van der Waals surface area contributed by atoms with Gasteiger partial charge in [-0.15, -0.1) is 0 Å². The SMILES string of the molecule is Cc1ccc(S(=O)(=O)N2CCCO2)c(Br)c1. The molecule has 4 nitrogen and oxygen atoms in total. The van der Waals surface area contributed by atoms with Crippen molar-refractivity contribution in [3.05, 3.63) is 28.2 Å². The Kier molecular flexibility index (Phi) is 3.34. The van der Waals surface area contributed by atoms with Gasteiger partial charge >= 0.3 is 0 Å². The van der Waals surface area contributed by atoms with Gasteiger partial charge in [-0.05, 0) is 47.0 Å². The summed E-state index contributed by atoms with van der Waals surface area (Å²) in [6.07, 6.45) is 0.739. The number of halogens is 1. The number of hydrogen-bond acceptors (Lipinski definition) is 3. The van der Waals surface area contributed by atoms with Crippen molar-refractivity contribution < 1.29 is 13.3 Å². The number of sulfonamides is 1. The molecule has 0 aliphatic carbocycles. The van der Waals surface area contributed by atoms with Gasteiger partial charge in [0.1, 0.15) is 0 Å². The van der Waals surface area contributed by atoms with E-state index in [1.807, 2.05) is 6.92 Å². The Morgan fingerprint density at radius 3 is 2.75 bits per heavy atom. The zero-order chi connectivity index (χ0) is 11.8. The minimum Gasteiger partial charge on any atom is -0.284 e. The lowest BCUT2D eigenvalue weighted by Gasteiger charge is -2.15. The van der Waals surface area contributed by atoms with E-state index in [1.54, 1.807) is 18.2 Å². The Hall–Kier alpha value is -0.430. The summed E-state index contributed by atoms with van der Waals surface area (Å²) in [5, 5.41) is 0. The highest BCUT2D eigenvalue weighted by molar-refractivity contribution is 9.10. The summed E-state index contributed by atoms with van der Waals surface area (Å²) in [7, 11) is -3.52. The van der Waals surface area contributed by atoms with Crippen LogP contribution in [0.3, 0.4) is 0 Å². The maximum atomic E-state index is 12.1. The Bertz CT molecular complexity index is 495. The first-order valence-corrected chi connectivity index (χ1v) is 7.17. The number of hydrogen-bond donors (Lipinski definition) is 0. The lowest BCUT2D eigenvalue weighted by Crippen LogP contribution is -2.27. The molecule has 0 spiro atoms. The maximum absolute atomic E-state index is 12.1. The van der Waals surface area contributed by atoms with Crippen molar-refractivity contribution in [3.63, 3.8) is 0 Å². The lowest BCUT2D eigenvalue weighted by molar-refractivity contribution is -0.0285. The van der Waals surface area contributed by atoms with Crippen molar-refractivity contribution >= 4 is 26.0 Å². The van der Waals surface area contributed by atoms with E-state index in [0.29, 0.717) is 17.6 Å². The van der Waals surface area contributed by atoms with Crippen LogP contribution >= 0.6 is 15.9 Å². The Morgan fingerprint density at radius 1 is 1.44 bits per heavy atom. The normalized spacial score (nSPS) is 17.9. The fourth-order valence-electron chi connectivity index (χ4n) is 1.54. The molecule has 1 saturated heterocycles. The molecular formula is C10H12BrNO3S. The van der Waals surface area contributed by atoms with Gasteiger partial charge in [0.2, 0.25) is 0 Å². The fourth-order valence-corrected chi connectivity index (χ4v) is 3.99. The molecule has 0 bridgehead atoms. The summed E-state index contributed by atoms with van der Waals surface area (Å²) in [4.78, 5) is 5.33. The first-order valence-electron chi connectivity index (χ1n) is 4.93. The van der Waals surface area contributed by atoms with Gasteiger partial charge in [0.15, 0.2) is 0 Å². The third kappa shape index (κ3) is 2.15. The molecule has 1 fully saturated rings. The molecule has 0 radical (unpaired) electrons. The van der Waals surface area contributed by atoms with Crippen LogP contribution in [-0.2, 0) is 14.9 Å². The van der Waals surface area contributed by atoms with Crippen LogP contribution in [0.1, 0.15) is 12.0 Å². The molecular weight excluding hydrogens is 294 g/mol. The fraction of sp³-hybridized carbons (Fsp3) is 0.400. The van der Waals surface area contributed by atoms with Crippen LogP contribution < -0.4 is 0 Å². The number of benzene rings is 1. The standard InChI is InChI=1S/C10H12BrNO3S/c1-8-3-4-10(9(11)7-8)16(13,14)12-5-2-6-15-12/h3-4,7H,2,5-6H2,1H3. The number of nitrogens with zero attached hydrogens (tertiary/aromatic N) is 1. The van der Waals surface area contributed by atoms with E-state index in [9.17, 15) is 8.42 Å². The first-order chi connectivity index (χ1) is 7.51. The molecule has 2 rings (SSSR count). The third-order valence-electron chi connectivity index (χ3n) is 2.35. The highest BCUT2D eigenvalue weighted by Crippen LogP contribution is 2.27. The van der Waals surface area contributed by atoms with E-state index in [-0.39, 0.29) is 4.90 Å². The van der Waals surface area contributed by atoms with Gasteiger partial charge < -0.3 is 0 Å². The van der Waals surface area contributed by atoms with Crippen LogP contribution in [0, 0.1) is 6.92 Å². The second kappa shape index (κ2) is 4.44. The quantitative estimate of drug-likeness (QED) is 0.840. The van der Waals surface area contributed by atoms with Crippen molar-refractivity contribution in [2.75, 3.05) is 13.2 Å². The summed E-state index contributed by atoms with van der Waals surface area (Å²) < 4.78 is 25.9. The van der Waals surface area contributed by atoms with Gasteiger partial charge in [-0.1, -0.05) is 10.5 Å². The van der Waals surface area contributed by atoms with Gasteiger partial charge in [0.05, 0.1) is 11.5 Å². The lowest BCUT2D eigenvalue weighted by atomic mass is 10.2. The molecule has 0 saturated carbocycles. The number of rotatable bonds is 2. The Balaban J connectivity index is 2.42. The second-order valence-electron chi connectivity index (χ2n) is 3.65. The number of hydroxylamine groups is 1. The molecule has 1 aromatic carbocycles. The average Bonchev–Trinajstić information content (AvgIpc) is 2.69. The van der Waals surface area contributed by atoms with Crippen molar-refractivity contribution in [2.24, 2.45) is 0 Å². The topological polar surface area (TPSA) is 46.6 Å². The molecule has 1 aliphatic heterocycles. The zero-order valence-corrected chi connectivity index (χ0v) is 11.2. The van der Waals surface area contributed by atoms with Gasteiger partial charge in [-0.25, -0.2) is 8.42 Å². The van der Waals surface area contributed by atoms with Crippen molar-refractivity contribution in [1.29, 1.82) is 0 Å². The summed E-state index contributed by atoms with van der Waals surface area (Å²) in [6, 6.07) is 5.15. The van der Waals surface area contributed by atoms with Crippen molar-refractivity contribution in [1.82, 2.24) is 4.47 Å². The molecule has 0 unspecified atom stereocenters. The maximum Gasteiger partial charge on any atom is 0.266 e. The minimum absolute atomic E-state index is 0.250. The van der Waals surface area contributed by atoms with E-state index in [2.05, 4.69) is 15.9 Å². The summed E-state index contributed by atoms with van der Waals surface area (Å²) >= 11 is 3.27. The molecule has 0 N–H and O–H groups in total. The van der Waals surface area contributed by atoms with Crippen LogP contribution in [0.5, 0.6) is 0 Å². The average molecular weight is 306 g/mol. The largest absolute Gasteiger partial charge is 0.284 e. The van der Waals surface area contributed by atoms with Crippen LogP contribution in [0.4, 0.5) is 0 Å². The van der Waals surface area contributed by atoms with Crippen molar-refractivity contribution in [2.45, 2.75) is 18.2 Å². The summed E-state index contributed by atoms with van der Waals surface area (Å²) in [6.45, 7) is 2.79. The molecule has 1 aromatic rings. The summed E-state index contributed by atoms with van der Waals surface area (Å²) in [5.74, 6) is 0. The van der Waals surface area contributed by atoms with E-state index >= 15 is 0 Å². The molecule has 16 heavy (non-hydrogen) atoms. The van der Waals surface area contributed by atoms with E-state index in [0.717, 1.165) is 16.5 Å². The van der Waals surface area contributed by atoms with Crippen LogP contribution in [0.15, 0.2) is 27.6 Å². The Morgan fingerprint density at radius 2 is 2.19 bits per heavy atom. The highest BCUT2D eigenvalue weighted by atomic mass is 79.9. The van der Waals surface area contributed by atoms with Gasteiger partial charge in [0, 0.05) is 11.0 Å². The van der Waals surface area contributed by atoms with Gasteiger partial charge in [0.25, 0.3) is 10.0 Å². The predicted octanol–water partition coefficient (Wildman–Crippen LogP) is 2.08. The van der Waals surface area contributed by atoms with Gasteiger partial charge in [-0.3, -0.25) is 4.84 Å². The smallest absolute Gasteiger partial charge is 0.266 e. The van der Waals surface area contributed by atoms with E-state index < -0.39 is 10.0 Å². The third-order valence-corrected chi connectivity index (χ3v) is 5.01. The molecule has 6 heteroatoms. The minimum atomic E-state index is -3.52. The second-order valence-corrected chi connectivity index (χ2v) is 6.30. The van der Waals surface area contributed by atoms with Crippen LogP contribution in [-0.4, -0.2) is 26.0 Å². The molecule has 1 aliphatic rings. The molecule has 0 atom stereocenters. The number of aryl methyl sites for hydroxylation is 1. The molecule has 88 valence electrons. The predicted molar refractivity (Wildman–Crippen MR) is 63.3 cm³/mol. The van der Waals surface area contributed by atoms with Crippen LogP contribution in [0.25, 0.3) is 0 Å². The van der Waals surface area contributed by atoms with E-state index in [4.69, 9.17) is 4.84 Å². The van der Waals surface area contributed by atoms with Crippen LogP contribution in [0.2, 0.25) is 0 Å². The monoisotopic (exact) mass is 305 g/mol. The summed E-state index contributed by atoms with van der Waals surface area (Å²) in [5.41, 5.74) is 1.01. The molecule has 0 aromatic heterocycles. The Labute approximate surface area is 103 Å². The first kappa shape index (κ1) is 12.0. The zero-order valence-electron chi connectivity index (χ0n) is 8.81. The molecule has 0 amide bonds. The van der Waals surface area contributed by atoms with E-state index in [1.165, 1.54) is 0 Å². The highest BCUT2D eigenvalue weighted by Gasteiger charge is 2.30. The van der Waals surface area contributed by atoms with Crippen molar-refractivity contribution in [3.8, 4) is 0 Å².